The van der Waals surface area contributed by atoms with Crippen molar-refractivity contribution in [2.75, 3.05) is 0 Å². The molecule has 5 aromatic rings. The van der Waals surface area contributed by atoms with Crippen LogP contribution in [0.2, 0.25) is 0 Å². The lowest BCUT2D eigenvalue weighted by Gasteiger charge is -2.18. The summed E-state index contributed by atoms with van der Waals surface area (Å²) in [6.07, 6.45) is 6.93. The molecule has 39 heavy (non-hydrogen) atoms. The zero-order valence-corrected chi connectivity index (χ0v) is 22.8. The predicted molar refractivity (Wildman–Crippen MR) is 155 cm³/mol. The molecule has 204 valence electrons. The fourth-order valence-corrected chi connectivity index (χ4v) is 5.84. The van der Waals surface area contributed by atoms with Crippen LogP contribution in [0.4, 0.5) is 13.2 Å². The molecule has 0 N–H and O–H groups in total. The van der Waals surface area contributed by atoms with E-state index in [1.54, 1.807) is 12.1 Å². The number of para-hydroxylation sites is 2. The topological polar surface area (TPSA) is 9.86 Å². The van der Waals surface area contributed by atoms with Gasteiger partial charge in [0.25, 0.3) is 0 Å². The Balaban J connectivity index is 1.71. The number of hydrogen-bond acceptors (Lipinski definition) is 0. The third kappa shape index (κ3) is 5.63. The van der Waals surface area contributed by atoms with Gasteiger partial charge in [0.2, 0.25) is 0 Å². The van der Waals surface area contributed by atoms with E-state index < -0.39 is 11.7 Å². The van der Waals surface area contributed by atoms with Crippen LogP contribution in [-0.4, -0.2) is 9.13 Å². The van der Waals surface area contributed by atoms with E-state index in [0.29, 0.717) is 0 Å². The van der Waals surface area contributed by atoms with Gasteiger partial charge >= 0.3 is 6.18 Å². The normalized spacial score (nSPS) is 12.3. The molecule has 0 aliphatic carbocycles. The van der Waals surface area contributed by atoms with E-state index >= 15 is 0 Å². The quantitative estimate of drug-likeness (QED) is 0.150. The van der Waals surface area contributed by atoms with Gasteiger partial charge in [0, 0.05) is 53.2 Å². The van der Waals surface area contributed by atoms with Crippen molar-refractivity contribution in [3.8, 4) is 0 Å². The van der Waals surface area contributed by atoms with Gasteiger partial charge in [-0.15, -0.1) is 0 Å². The van der Waals surface area contributed by atoms with Crippen LogP contribution < -0.4 is 0 Å². The van der Waals surface area contributed by atoms with Crippen LogP contribution in [0.25, 0.3) is 21.8 Å². The maximum atomic E-state index is 13.5. The molecule has 0 aliphatic rings. The highest BCUT2D eigenvalue weighted by molar-refractivity contribution is 5.90. The number of rotatable bonds is 11. The molecule has 0 saturated heterocycles. The highest BCUT2D eigenvalue weighted by atomic mass is 19.4. The Bertz CT molecular complexity index is 1430. The number of unbranched alkanes of at least 4 members (excludes halogenated alkanes) is 4. The molecule has 0 radical (unpaired) electrons. The van der Waals surface area contributed by atoms with Crippen LogP contribution in [0.1, 0.15) is 80.5 Å². The molecule has 2 nitrogen and oxygen atoms in total. The molecule has 0 atom stereocenters. The van der Waals surface area contributed by atoms with Crippen LogP contribution in [0.5, 0.6) is 0 Å². The second-order valence-corrected chi connectivity index (χ2v) is 10.6. The Kier molecular flexibility index (Phi) is 8.15. The van der Waals surface area contributed by atoms with Crippen molar-refractivity contribution in [1.29, 1.82) is 0 Å². The first-order valence-corrected chi connectivity index (χ1v) is 14.2. The van der Waals surface area contributed by atoms with Gasteiger partial charge in [-0.25, -0.2) is 0 Å². The Hall–Kier alpha value is -3.47. The van der Waals surface area contributed by atoms with Crippen molar-refractivity contribution in [1.82, 2.24) is 9.13 Å². The number of nitrogens with zero attached hydrogens (tertiary/aromatic N) is 2. The third-order valence-electron chi connectivity index (χ3n) is 7.84. The summed E-state index contributed by atoms with van der Waals surface area (Å²) in [6, 6.07) is 22.6. The second kappa shape index (κ2) is 11.7. The minimum Gasteiger partial charge on any atom is -0.347 e. The van der Waals surface area contributed by atoms with E-state index in [9.17, 15) is 13.2 Å². The summed E-state index contributed by atoms with van der Waals surface area (Å²) >= 11 is 0. The molecule has 0 fully saturated rings. The van der Waals surface area contributed by atoms with E-state index in [4.69, 9.17) is 0 Å². The summed E-state index contributed by atoms with van der Waals surface area (Å²) in [5.74, 6) is -0.193. The van der Waals surface area contributed by atoms with Crippen molar-refractivity contribution in [2.24, 2.45) is 0 Å². The third-order valence-corrected chi connectivity index (χ3v) is 7.84. The fraction of sp³-hybridized carbons (Fsp3) is 0.353. The number of aryl methyl sites for hydroxylation is 2. The molecule has 5 rings (SSSR count). The molecule has 3 aromatic carbocycles. The van der Waals surface area contributed by atoms with Crippen molar-refractivity contribution >= 4 is 21.8 Å². The van der Waals surface area contributed by atoms with Crippen molar-refractivity contribution in [3.05, 3.63) is 107 Å². The van der Waals surface area contributed by atoms with Gasteiger partial charge in [0.1, 0.15) is 0 Å². The van der Waals surface area contributed by atoms with Crippen molar-refractivity contribution < 1.29 is 13.2 Å². The Morgan fingerprint density at radius 1 is 0.615 bits per heavy atom. The van der Waals surface area contributed by atoms with Gasteiger partial charge in [0.05, 0.1) is 5.56 Å². The molecule has 0 aliphatic heterocycles. The highest BCUT2D eigenvalue weighted by Gasteiger charge is 2.31. The molecule has 5 heteroatoms. The highest BCUT2D eigenvalue weighted by Crippen LogP contribution is 2.42. The Morgan fingerprint density at radius 3 is 1.51 bits per heavy atom. The van der Waals surface area contributed by atoms with Gasteiger partial charge in [0.15, 0.2) is 0 Å². The number of alkyl halides is 3. The van der Waals surface area contributed by atoms with Gasteiger partial charge in [-0.2, -0.15) is 13.2 Å². The molecular weight excluding hydrogens is 493 g/mol. The van der Waals surface area contributed by atoms with E-state index in [0.717, 1.165) is 79.1 Å². The standard InChI is InChI=1S/C34H37F3N2/c1-3-5-11-21-38-23-29(27-13-7-9-15-31(27)38)33(25-17-19-26(20-18-25)34(35,36)37)30-24-39(22-12-6-4-2)32-16-10-8-14-28(30)32/h7-10,13-20,23-24,33H,3-6,11-12,21-22H2,1-2H3. The van der Waals surface area contributed by atoms with Crippen molar-refractivity contribution in [3.63, 3.8) is 0 Å². The first-order chi connectivity index (χ1) is 18.9. The van der Waals surface area contributed by atoms with Crippen LogP contribution in [0.15, 0.2) is 85.2 Å². The number of hydrogen-bond donors (Lipinski definition) is 0. The molecule has 0 bridgehead atoms. The maximum Gasteiger partial charge on any atom is 0.416 e. The largest absolute Gasteiger partial charge is 0.416 e. The van der Waals surface area contributed by atoms with Gasteiger partial charge in [-0.3, -0.25) is 0 Å². The van der Waals surface area contributed by atoms with Crippen LogP contribution in [-0.2, 0) is 19.3 Å². The Labute approximate surface area is 229 Å². The van der Waals surface area contributed by atoms with E-state index in [2.05, 4.69) is 83.9 Å². The average molecular weight is 531 g/mol. The first-order valence-electron chi connectivity index (χ1n) is 14.2. The van der Waals surface area contributed by atoms with Gasteiger partial charge < -0.3 is 9.13 Å². The molecule has 0 spiro atoms. The molecule has 2 heterocycles. The minimum absolute atomic E-state index is 0.193. The number of benzene rings is 3. The van der Waals surface area contributed by atoms with E-state index in [-0.39, 0.29) is 5.92 Å². The summed E-state index contributed by atoms with van der Waals surface area (Å²) in [5.41, 5.74) is 4.88. The van der Waals surface area contributed by atoms with E-state index in [1.807, 2.05) is 0 Å². The van der Waals surface area contributed by atoms with Crippen molar-refractivity contribution in [2.45, 2.75) is 77.6 Å². The van der Waals surface area contributed by atoms with Gasteiger partial charge in [-0.05, 0) is 53.8 Å². The SMILES string of the molecule is CCCCCn1cc(C(c2ccc(C(F)(F)F)cc2)c2cn(CCCCC)c3ccccc23)c2ccccc21. The summed E-state index contributed by atoms with van der Waals surface area (Å²) in [4.78, 5) is 0. The molecular formula is C34H37F3N2. The Morgan fingerprint density at radius 2 is 1.08 bits per heavy atom. The summed E-state index contributed by atoms with van der Waals surface area (Å²) in [7, 11) is 0. The van der Waals surface area contributed by atoms with Gasteiger partial charge in [-0.1, -0.05) is 88.1 Å². The lowest BCUT2D eigenvalue weighted by atomic mass is 9.84. The van der Waals surface area contributed by atoms with Crippen LogP contribution >= 0.6 is 0 Å². The average Bonchev–Trinajstić information content (AvgIpc) is 3.48. The maximum absolute atomic E-state index is 13.5. The van der Waals surface area contributed by atoms with Crippen LogP contribution in [0.3, 0.4) is 0 Å². The fourth-order valence-electron chi connectivity index (χ4n) is 5.84. The summed E-state index contributed by atoms with van der Waals surface area (Å²) < 4.78 is 45.1. The monoisotopic (exact) mass is 530 g/mol. The molecule has 0 unspecified atom stereocenters. The lowest BCUT2D eigenvalue weighted by Crippen LogP contribution is -2.07. The molecule has 0 amide bonds. The number of aromatic nitrogens is 2. The van der Waals surface area contributed by atoms with Crippen LogP contribution in [0, 0.1) is 0 Å². The molecule has 2 aromatic heterocycles. The second-order valence-electron chi connectivity index (χ2n) is 10.6. The minimum atomic E-state index is -4.36. The number of halogens is 3. The zero-order valence-electron chi connectivity index (χ0n) is 22.8. The zero-order chi connectivity index (χ0) is 27.4. The first kappa shape index (κ1) is 27.1. The summed E-state index contributed by atoms with van der Waals surface area (Å²) in [6.45, 7) is 6.26. The molecule has 0 saturated carbocycles. The summed E-state index contributed by atoms with van der Waals surface area (Å²) in [5, 5.41) is 2.31. The van der Waals surface area contributed by atoms with E-state index in [1.165, 1.54) is 23.2 Å². The number of fused-ring (bicyclic) bond motifs is 2. The predicted octanol–water partition coefficient (Wildman–Crippen LogP) is 10.2. The lowest BCUT2D eigenvalue weighted by molar-refractivity contribution is -0.137. The smallest absolute Gasteiger partial charge is 0.347 e.